The van der Waals surface area contributed by atoms with E-state index in [-0.39, 0.29) is 28.0 Å². The van der Waals surface area contributed by atoms with Gasteiger partial charge in [0.15, 0.2) is 23.0 Å². The predicted octanol–water partition coefficient (Wildman–Crippen LogP) is 2.01. The molecule has 0 spiro atoms. The van der Waals surface area contributed by atoms with Gasteiger partial charge in [-0.1, -0.05) is 23.9 Å². The van der Waals surface area contributed by atoms with Crippen LogP contribution in [0.3, 0.4) is 0 Å². The molecule has 1 fully saturated rings. The van der Waals surface area contributed by atoms with E-state index in [9.17, 15) is 57.6 Å². The monoisotopic (exact) mass is 697 g/mol. The maximum Gasteiger partial charge on any atom is 0.471 e. The fourth-order valence-corrected chi connectivity index (χ4v) is 6.87. The Bertz CT molecular complexity index is 1730. The maximum atomic E-state index is 13.8. The second-order valence-corrected chi connectivity index (χ2v) is 12.8. The van der Waals surface area contributed by atoms with E-state index in [1.807, 2.05) is 0 Å². The van der Waals surface area contributed by atoms with Gasteiger partial charge in [0.05, 0.1) is 47.8 Å². The van der Waals surface area contributed by atoms with Crippen molar-refractivity contribution < 1.29 is 71.8 Å². The predicted molar refractivity (Wildman–Crippen MR) is 158 cm³/mol. The highest BCUT2D eigenvalue weighted by atomic mass is 32.2. The van der Waals surface area contributed by atoms with Crippen LogP contribution >= 0.6 is 11.8 Å². The molecule has 1 aliphatic heterocycles. The number of carbonyl (C=O) groups excluding carboxylic acids is 5. The fourth-order valence-electron chi connectivity index (χ4n) is 6.26. The Kier molecular flexibility index (Phi) is 9.39. The number of methoxy groups -OCH3 is 1. The summed E-state index contributed by atoms with van der Waals surface area (Å²) in [6, 6.07) is 2.61. The number of thioether (sulfide) groups is 1. The molecule has 1 amide bonds. The molecule has 5 N–H and O–H groups in total. The van der Waals surface area contributed by atoms with Crippen molar-refractivity contribution in [3.63, 3.8) is 0 Å². The molecule has 48 heavy (non-hydrogen) atoms. The Hall–Kier alpha value is -4.03. The van der Waals surface area contributed by atoms with Gasteiger partial charge >= 0.3 is 12.1 Å². The molecular weight excluding hydrogens is 667 g/mol. The molecule has 0 radical (unpaired) electrons. The number of aromatic hydroxyl groups is 2. The van der Waals surface area contributed by atoms with Gasteiger partial charge in [0, 0.05) is 42.9 Å². The van der Waals surface area contributed by atoms with Crippen LogP contribution in [0.4, 0.5) is 13.2 Å². The van der Waals surface area contributed by atoms with Crippen molar-refractivity contribution >= 4 is 40.1 Å². The summed E-state index contributed by atoms with van der Waals surface area (Å²) in [4.78, 5) is 64.0. The van der Waals surface area contributed by atoms with Crippen LogP contribution in [0.15, 0.2) is 18.2 Å². The fraction of sp³-hybridized carbons (Fsp3) is 0.452. The molecule has 0 bridgehead atoms. The summed E-state index contributed by atoms with van der Waals surface area (Å²) in [7, 11) is 1.26. The summed E-state index contributed by atoms with van der Waals surface area (Å²) in [5.41, 5.74) is -4.62. The van der Waals surface area contributed by atoms with E-state index in [4.69, 9.17) is 14.2 Å². The molecule has 17 heteroatoms. The quantitative estimate of drug-likeness (QED) is 0.224. The van der Waals surface area contributed by atoms with E-state index in [0.29, 0.717) is 11.8 Å². The molecule has 1 saturated heterocycles. The van der Waals surface area contributed by atoms with Crippen molar-refractivity contribution in [1.82, 2.24) is 5.32 Å². The van der Waals surface area contributed by atoms with E-state index in [2.05, 4.69) is 0 Å². The number of halogens is 3. The summed E-state index contributed by atoms with van der Waals surface area (Å²) in [5.74, 6) is -7.19. The SMILES string of the molecule is COc1cccc2c1C(=O)c1c(O)c3c(c(O)c1C2=O)C[C@@](O)(C(=O)CSC(C)=O)C[C@@H]3OC1CC(NC(=O)C(F)(F)F)C(O)C(C)O1. The highest BCUT2D eigenvalue weighted by molar-refractivity contribution is 8.14. The van der Waals surface area contributed by atoms with E-state index in [1.165, 1.54) is 39.2 Å². The average molecular weight is 698 g/mol. The number of rotatable bonds is 7. The largest absolute Gasteiger partial charge is 0.507 e. The van der Waals surface area contributed by atoms with Gasteiger partial charge in [-0.3, -0.25) is 24.0 Å². The molecule has 2 aromatic rings. The average Bonchev–Trinajstić information content (AvgIpc) is 3.01. The third-order valence-corrected chi connectivity index (χ3v) is 9.41. The van der Waals surface area contributed by atoms with E-state index in [0.717, 1.165) is 0 Å². The number of phenols is 2. The van der Waals surface area contributed by atoms with Gasteiger partial charge in [-0.2, -0.15) is 13.2 Å². The Balaban J connectivity index is 1.61. The van der Waals surface area contributed by atoms with Crippen LogP contribution in [-0.2, 0) is 30.3 Å². The van der Waals surface area contributed by atoms with Crippen LogP contribution in [0.1, 0.15) is 75.8 Å². The Labute approximate surface area is 274 Å². The van der Waals surface area contributed by atoms with Crippen LogP contribution in [0.5, 0.6) is 17.2 Å². The van der Waals surface area contributed by atoms with Crippen LogP contribution in [0.25, 0.3) is 0 Å². The van der Waals surface area contributed by atoms with Gasteiger partial charge in [0.1, 0.15) is 29.0 Å². The van der Waals surface area contributed by atoms with Crippen LogP contribution in [-0.4, -0.2) is 98.0 Å². The number of benzene rings is 2. The number of alkyl halides is 3. The zero-order valence-electron chi connectivity index (χ0n) is 25.5. The van der Waals surface area contributed by atoms with Gasteiger partial charge < -0.3 is 40.0 Å². The minimum atomic E-state index is -5.28. The van der Waals surface area contributed by atoms with Gasteiger partial charge in [-0.05, 0) is 13.0 Å². The lowest BCUT2D eigenvalue weighted by Gasteiger charge is -2.43. The molecular formula is C31H30F3NO12S. The third-order valence-electron chi connectivity index (χ3n) is 8.60. The second kappa shape index (κ2) is 12.8. The molecule has 1 heterocycles. The summed E-state index contributed by atoms with van der Waals surface area (Å²) >= 11 is 0.588. The number of ether oxygens (including phenoxy) is 3. The molecule has 3 aliphatic rings. The number of hydrogen-bond donors (Lipinski definition) is 5. The zero-order chi connectivity index (χ0) is 35.5. The first-order chi connectivity index (χ1) is 22.4. The molecule has 258 valence electrons. The number of hydrogen-bond acceptors (Lipinski definition) is 13. The van der Waals surface area contributed by atoms with Gasteiger partial charge in [-0.15, -0.1) is 0 Å². The Morgan fingerprint density at radius 3 is 2.40 bits per heavy atom. The second-order valence-electron chi connectivity index (χ2n) is 11.7. The van der Waals surface area contributed by atoms with Crippen molar-refractivity contribution in [2.24, 2.45) is 0 Å². The van der Waals surface area contributed by atoms with Gasteiger partial charge in [0.2, 0.25) is 5.78 Å². The van der Waals surface area contributed by atoms with Crippen molar-refractivity contribution in [2.45, 2.75) is 75.5 Å². The first-order valence-electron chi connectivity index (χ1n) is 14.5. The number of aliphatic hydroxyl groups is 2. The molecule has 13 nitrogen and oxygen atoms in total. The van der Waals surface area contributed by atoms with Crippen molar-refractivity contribution in [1.29, 1.82) is 0 Å². The zero-order valence-corrected chi connectivity index (χ0v) is 26.4. The highest BCUT2D eigenvalue weighted by Crippen LogP contribution is 2.52. The Morgan fingerprint density at radius 2 is 1.77 bits per heavy atom. The summed E-state index contributed by atoms with van der Waals surface area (Å²) in [6.45, 7) is 2.48. The topological polar surface area (TPSA) is 206 Å². The van der Waals surface area contributed by atoms with Crippen molar-refractivity contribution in [2.75, 3.05) is 12.9 Å². The van der Waals surface area contributed by atoms with Crippen molar-refractivity contribution in [3.8, 4) is 17.2 Å². The molecule has 6 atom stereocenters. The normalized spacial score (nSPS) is 26.6. The molecule has 2 aromatic carbocycles. The van der Waals surface area contributed by atoms with Gasteiger partial charge in [-0.25, -0.2) is 0 Å². The molecule has 0 aromatic heterocycles. The molecule has 4 unspecified atom stereocenters. The number of ketones is 3. The Morgan fingerprint density at radius 1 is 1.10 bits per heavy atom. The van der Waals surface area contributed by atoms with Crippen LogP contribution < -0.4 is 10.1 Å². The number of nitrogens with one attached hydrogen (secondary N) is 1. The summed E-state index contributed by atoms with van der Waals surface area (Å²) in [6.07, 6.45) is -13.2. The molecule has 5 rings (SSSR count). The molecule has 0 saturated carbocycles. The minimum Gasteiger partial charge on any atom is -0.507 e. The standard InChI is InChI=1S/C31H30F3NO12S/c1-11-24(38)15(35-29(43)31(32,33)34)7-19(46-11)47-17-9-30(44,18(37)10-48-12(2)36)8-14-21(17)28(42)23-22(26(14)40)25(39)13-5-4-6-16(45-3)20(13)27(23)41/h4-6,11,15,17,19,24,38,40,42,44H,7-10H2,1-3H3,(H,35,43)/t11?,15?,17-,19?,24?,30-/m0/s1. The van der Waals surface area contributed by atoms with Crippen LogP contribution in [0, 0.1) is 0 Å². The number of carbonyl (C=O) groups is 5. The molecule has 2 aliphatic carbocycles. The lowest BCUT2D eigenvalue weighted by molar-refractivity contribution is -0.250. The lowest BCUT2D eigenvalue weighted by atomic mass is 9.72. The lowest BCUT2D eigenvalue weighted by Crippen LogP contribution is -2.57. The van der Waals surface area contributed by atoms with Crippen LogP contribution in [0.2, 0.25) is 0 Å². The first kappa shape index (κ1) is 35.3. The van der Waals surface area contributed by atoms with Crippen molar-refractivity contribution in [3.05, 3.63) is 51.6 Å². The highest BCUT2D eigenvalue weighted by Gasteiger charge is 2.51. The number of aliphatic hydroxyl groups excluding tert-OH is 1. The van der Waals surface area contributed by atoms with E-state index < -0.39 is 118 Å². The number of fused-ring (bicyclic) bond motifs is 3. The summed E-state index contributed by atoms with van der Waals surface area (Å²) in [5, 5.41) is 46.5. The number of amides is 1. The first-order valence-corrected chi connectivity index (χ1v) is 15.5. The summed E-state index contributed by atoms with van der Waals surface area (Å²) < 4.78 is 55.9. The maximum absolute atomic E-state index is 13.8. The van der Waals surface area contributed by atoms with E-state index >= 15 is 0 Å². The van der Waals surface area contributed by atoms with E-state index in [1.54, 1.807) is 5.32 Å². The number of phenolic OH excluding ortho intramolecular Hbond substituents is 2. The number of Topliss-reactive ketones (excluding diaryl/α,β-unsaturated/α-hetero) is 1. The third kappa shape index (κ3) is 6.16. The van der Waals surface area contributed by atoms with Gasteiger partial charge in [0.25, 0.3) is 0 Å². The smallest absolute Gasteiger partial charge is 0.471 e. The minimum absolute atomic E-state index is 0.000972.